The number of imidazole rings is 1. The van der Waals surface area contributed by atoms with Crippen LogP contribution in [0.25, 0.3) is 0 Å². The van der Waals surface area contributed by atoms with Crippen LogP contribution in [-0.4, -0.2) is 16.1 Å². The van der Waals surface area contributed by atoms with Crippen LogP contribution in [0.2, 0.25) is 0 Å². The molecule has 0 atom stereocenters. The third-order valence-electron chi connectivity index (χ3n) is 4.25. The van der Waals surface area contributed by atoms with Gasteiger partial charge in [0, 0.05) is 18.9 Å². The highest BCUT2D eigenvalue weighted by atomic mass is 19.3. The van der Waals surface area contributed by atoms with E-state index >= 15 is 0 Å². The molecule has 5 heteroatoms. The van der Waals surface area contributed by atoms with E-state index in [1.54, 1.807) is 0 Å². The van der Waals surface area contributed by atoms with E-state index in [0.717, 1.165) is 11.1 Å². The van der Waals surface area contributed by atoms with Gasteiger partial charge in [0.05, 0.1) is 6.54 Å². The van der Waals surface area contributed by atoms with E-state index < -0.39 is 6.55 Å². The molecule has 0 amide bonds. The molecule has 1 saturated carbocycles. The summed E-state index contributed by atoms with van der Waals surface area (Å²) in [4.78, 5) is 4.01. The first kappa shape index (κ1) is 15.4. The topological polar surface area (TPSA) is 29.9 Å². The number of alkyl halides is 2. The van der Waals surface area contributed by atoms with Crippen molar-refractivity contribution in [3.8, 4) is 0 Å². The van der Waals surface area contributed by atoms with E-state index in [2.05, 4.69) is 24.1 Å². The first-order valence-electron chi connectivity index (χ1n) is 7.53. The summed E-state index contributed by atoms with van der Waals surface area (Å²) in [7, 11) is 0. The third-order valence-corrected chi connectivity index (χ3v) is 4.25. The van der Waals surface area contributed by atoms with Crippen molar-refractivity contribution in [3.05, 3.63) is 18.2 Å². The largest absolute Gasteiger partial charge is 0.319 e. The molecule has 0 spiro atoms. The van der Waals surface area contributed by atoms with Crippen molar-refractivity contribution in [2.45, 2.75) is 59.0 Å². The van der Waals surface area contributed by atoms with Gasteiger partial charge in [0.25, 0.3) is 0 Å². The second kappa shape index (κ2) is 6.66. The van der Waals surface area contributed by atoms with E-state index in [1.165, 1.54) is 44.5 Å². The van der Waals surface area contributed by atoms with E-state index in [4.69, 9.17) is 0 Å². The van der Waals surface area contributed by atoms with E-state index in [1.807, 2.05) is 0 Å². The molecule has 1 aliphatic carbocycles. The second-order valence-electron chi connectivity index (χ2n) is 6.44. The van der Waals surface area contributed by atoms with Crippen LogP contribution in [0.5, 0.6) is 0 Å². The van der Waals surface area contributed by atoms with Crippen LogP contribution in [0.3, 0.4) is 0 Å². The Morgan fingerprint density at radius 2 is 2.05 bits per heavy atom. The predicted molar refractivity (Wildman–Crippen MR) is 75.5 cm³/mol. The Hall–Kier alpha value is -0.970. The molecule has 20 heavy (non-hydrogen) atoms. The minimum atomic E-state index is -2.51. The summed E-state index contributed by atoms with van der Waals surface area (Å²) in [5.74, 6) is 1.09. The van der Waals surface area contributed by atoms with Gasteiger partial charge in [-0.3, -0.25) is 4.57 Å². The van der Waals surface area contributed by atoms with Crippen molar-refractivity contribution < 1.29 is 8.78 Å². The van der Waals surface area contributed by atoms with Gasteiger partial charge in [0.1, 0.15) is 5.82 Å². The highest BCUT2D eigenvalue weighted by Crippen LogP contribution is 2.42. The van der Waals surface area contributed by atoms with Gasteiger partial charge < -0.3 is 5.32 Å². The fourth-order valence-electron chi connectivity index (χ4n) is 3.54. The third kappa shape index (κ3) is 3.78. The van der Waals surface area contributed by atoms with Crippen LogP contribution in [-0.2, 0) is 6.54 Å². The lowest BCUT2D eigenvalue weighted by molar-refractivity contribution is 0.0664. The molecule has 1 aromatic heterocycles. The van der Waals surface area contributed by atoms with Crippen molar-refractivity contribution >= 4 is 0 Å². The van der Waals surface area contributed by atoms with Gasteiger partial charge in [0.2, 0.25) is 0 Å². The maximum absolute atomic E-state index is 12.7. The van der Waals surface area contributed by atoms with Gasteiger partial charge >= 0.3 is 6.55 Å². The minimum Gasteiger partial charge on any atom is -0.309 e. The molecule has 0 aromatic carbocycles. The average molecular weight is 285 g/mol. The lowest BCUT2D eigenvalue weighted by Gasteiger charge is -2.31. The summed E-state index contributed by atoms with van der Waals surface area (Å²) in [6, 6.07) is 0. The Morgan fingerprint density at radius 3 is 2.65 bits per heavy atom. The quantitative estimate of drug-likeness (QED) is 0.821. The van der Waals surface area contributed by atoms with Crippen molar-refractivity contribution in [1.29, 1.82) is 0 Å². The molecule has 1 heterocycles. The van der Waals surface area contributed by atoms with Crippen molar-refractivity contribution in [1.82, 2.24) is 14.9 Å². The first-order chi connectivity index (χ1) is 9.52. The second-order valence-corrected chi connectivity index (χ2v) is 6.44. The lowest BCUT2D eigenvalue weighted by atomic mass is 9.78. The summed E-state index contributed by atoms with van der Waals surface area (Å²) >= 11 is 0. The van der Waals surface area contributed by atoms with E-state index in [-0.39, 0.29) is 0 Å². The van der Waals surface area contributed by atoms with Crippen LogP contribution >= 0.6 is 0 Å². The highest BCUT2D eigenvalue weighted by molar-refractivity contribution is 4.94. The molecule has 1 aromatic rings. The Morgan fingerprint density at radius 1 is 1.35 bits per heavy atom. The van der Waals surface area contributed by atoms with E-state index in [0.29, 0.717) is 23.7 Å². The van der Waals surface area contributed by atoms with Crippen molar-refractivity contribution in [2.24, 2.45) is 11.3 Å². The Kier molecular flexibility index (Phi) is 5.13. The molecule has 0 radical (unpaired) electrons. The fourth-order valence-corrected chi connectivity index (χ4v) is 3.54. The standard InChI is InChI=1S/C15H25F2N3/c1-12(2)9-15(5-3-4-6-15)11-18-10-13-19-7-8-20(13)14(16)17/h7-8,12,14,18H,3-6,9-11H2,1-2H3. The number of aromatic nitrogens is 2. The molecule has 3 nitrogen and oxygen atoms in total. The fraction of sp³-hybridized carbons (Fsp3) is 0.800. The maximum atomic E-state index is 12.7. The molecular formula is C15H25F2N3. The van der Waals surface area contributed by atoms with Crippen LogP contribution in [0, 0.1) is 11.3 Å². The summed E-state index contributed by atoms with van der Waals surface area (Å²) < 4.78 is 26.4. The average Bonchev–Trinajstić information content (AvgIpc) is 2.98. The minimum absolute atomic E-state index is 0.358. The van der Waals surface area contributed by atoms with Gasteiger partial charge in [0.15, 0.2) is 0 Å². The monoisotopic (exact) mass is 285 g/mol. The van der Waals surface area contributed by atoms with Gasteiger partial charge in [-0.15, -0.1) is 0 Å². The molecule has 0 unspecified atom stereocenters. The van der Waals surface area contributed by atoms with Crippen LogP contribution < -0.4 is 5.32 Å². The van der Waals surface area contributed by atoms with Crippen LogP contribution in [0.15, 0.2) is 12.4 Å². The van der Waals surface area contributed by atoms with Gasteiger partial charge in [-0.25, -0.2) is 4.98 Å². The predicted octanol–water partition coefficient (Wildman–Crippen LogP) is 3.97. The van der Waals surface area contributed by atoms with Gasteiger partial charge in [-0.1, -0.05) is 26.7 Å². The summed E-state index contributed by atoms with van der Waals surface area (Å²) in [6.45, 7) is 3.32. The molecule has 0 aliphatic heterocycles. The zero-order valence-corrected chi connectivity index (χ0v) is 12.4. The number of nitrogens with zero attached hydrogens (tertiary/aromatic N) is 2. The summed E-state index contributed by atoms with van der Waals surface area (Å²) in [5, 5.41) is 3.35. The molecular weight excluding hydrogens is 260 g/mol. The molecule has 2 rings (SSSR count). The first-order valence-corrected chi connectivity index (χ1v) is 7.53. The molecule has 114 valence electrons. The Bertz CT molecular complexity index is 409. The highest BCUT2D eigenvalue weighted by Gasteiger charge is 2.33. The Balaban J connectivity index is 1.89. The van der Waals surface area contributed by atoms with Gasteiger partial charge in [-0.2, -0.15) is 8.78 Å². The zero-order chi connectivity index (χ0) is 14.6. The summed E-state index contributed by atoms with van der Waals surface area (Å²) in [5.41, 5.74) is 0.358. The van der Waals surface area contributed by atoms with E-state index in [9.17, 15) is 8.78 Å². The van der Waals surface area contributed by atoms with Crippen LogP contribution in [0.1, 0.15) is 58.3 Å². The summed E-state index contributed by atoms with van der Waals surface area (Å²) in [6.07, 6.45) is 9.07. The number of hydrogen-bond acceptors (Lipinski definition) is 2. The van der Waals surface area contributed by atoms with Crippen molar-refractivity contribution in [2.75, 3.05) is 6.54 Å². The lowest BCUT2D eigenvalue weighted by Crippen LogP contribution is -2.33. The molecule has 1 fully saturated rings. The molecule has 0 bridgehead atoms. The number of hydrogen-bond donors (Lipinski definition) is 1. The maximum Gasteiger partial charge on any atom is 0.319 e. The van der Waals surface area contributed by atoms with Crippen LogP contribution in [0.4, 0.5) is 8.78 Å². The molecule has 1 aliphatic rings. The SMILES string of the molecule is CC(C)CC1(CNCc2nccn2C(F)F)CCCC1. The number of halogens is 2. The smallest absolute Gasteiger partial charge is 0.309 e. The van der Waals surface area contributed by atoms with Crippen molar-refractivity contribution in [3.63, 3.8) is 0 Å². The van der Waals surface area contributed by atoms with Gasteiger partial charge in [-0.05, 0) is 30.6 Å². The zero-order valence-electron chi connectivity index (χ0n) is 12.4. The molecule has 0 saturated heterocycles. The Labute approximate surface area is 119 Å². The normalized spacial score (nSPS) is 18.3. The number of nitrogens with one attached hydrogen (secondary N) is 1. The number of rotatable bonds is 7. The molecule has 1 N–H and O–H groups in total.